The van der Waals surface area contributed by atoms with Crippen molar-refractivity contribution in [2.75, 3.05) is 38.3 Å². The van der Waals surface area contributed by atoms with Crippen molar-refractivity contribution >= 4 is 11.8 Å². The zero-order valence-electron chi connectivity index (χ0n) is 16.1. The largest absolute Gasteiger partial charge is 0.504 e. The Kier molecular flexibility index (Phi) is 5.34. The third-order valence-electron chi connectivity index (χ3n) is 4.75. The molecule has 0 atom stereocenters. The van der Waals surface area contributed by atoms with E-state index < -0.39 is 0 Å². The summed E-state index contributed by atoms with van der Waals surface area (Å²) in [7, 11) is 1.62. The summed E-state index contributed by atoms with van der Waals surface area (Å²) < 4.78 is 10.5. The van der Waals surface area contributed by atoms with Crippen molar-refractivity contribution < 1.29 is 9.47 Å². The minimum absolute atomic E-state index is 0.730. The Morgan fingerprint density at radius 1 is 1.21 bits per heavy atom. The monoisotopic (exact) mass is 377 g/mol. The number of aryl methyl sites for hydroxylation is 1. The number of hydrogen-bond acceptors (Lipinski definition) is 6. The van der Waals surface area contributed by atoms with Crippen LogP contribution in [0.1, 0.15) is 11.4 Å². The van der Waals surface area contributed by atoms with Gasteiger partial charge in [-0.25, -0.2) is 4.98 Å². The highest BCUT2D eigenvalue weighted by molar-refractivity contribution is 5.81. The normalized spacial score (nSPS) is 14.6. The summed E-state index contributed by atoms with van der Waals surface area (Å²) in [5.41, 5.74) is 5.75. The van der Waals surface area contributed by atoms with Crippen LogP contribution in [0, 0.1) is 6.92 Å². The van der Waals surface area contributed by atoms with E-state index in [1.807, 2.05) is 31.3 Å². The SMILES string of the molecule is CO/C=C\c1nc(-c2ncc(N3CCOCC3)cc2-c2ccncc2)[nH]c1C. The fraction of sp³-hybridized carbons (Fsp3) is 0.286. The van der Waals surface area contributed by atoms with Crippen molar-refractivity contribution in [3.05, 3.63) is 54.4 Å². The van der Waals surface area contributed by atoms with Crippen LogP contribution in [0.15, 0.2) is 43.1 Å². The average Bonchev–Trinajstić information content (AvgIpc) is 3.13. The van der Waals surface area contributed by atoms with Gasteiger partial charge in [-0.3, -0.25) is 9.97 Å². The summed E-state index contributed by atoms with van der Waals surface area (Å²) in [4.78, 5) is 19.3. The Hall–Kier alpha value is -3.19. The van der Waals surface area contributed by atoms with E-state index in [1.54, 1.807) is 25.8 Å². The number of nitrogens with zero attached hydrogens (tertiary/aromatic N) is 4. The average molecular weight is 377 g/mol. The summed E-state index contributed by atoms with van der Waals surface area (Å²) in [6, 6.07) is 6.15. The lowest BCUT2D eigenvalue weighted by Crippen LogP contribution is -2.36. The molecule has 0 radical (unpaired) electrons. The molecule has 1 fully saturated rings. The molecule has 0 amide bonds. The van der Waals surface area contributed by atoms with Crippen LogP contribution >= 0.6 is 0 Å². The molecule has 28 heavy (non-hydrogen) atoms. The number of morpholine rings is 1. The molecule has 3 aromatic heterocycles. The second kappa shape index (κ2) is 8.22. The molecule has 1 aliphatic heterocycles. The van der Waals surface area contributed by atoms with Crippen molar-refractivity contribution in [1.29, 1.82) is 0 Å². The number of aromatic amines is 1. The zero-order chi connectivity index (χ0) is 19.3. The van der Waals surface area contributed by atoms with Crippen LogP contribution in [0.5, 0.6) is 0 Å². The van der Waals surface area contributed by atoms with Gasteiger partial charge < -0.3 is 19.4 Å². The maximum absolute atomic E-state index is 5.48. The minimum Gasteiger partial charge on any atom is -0.504 e. The second-order valence-electron chi connectivity index (χ2n) is 6.56. The van der Waals surface area contributed by atoms with E-state index in [2.05, 4.69) is 20.9 Å². The predicted octanol–water partition coefficient (Wildman–Crippen LogP) is 3.30. The summed E-state index contributed by atoms with van der Waals surface area (Å²) in [5, 5.41) is 0. The Labute approximate surface area is 164 Å². The first kappa shape index (κ1) is 18.2. The number of nitrogens with one attached hydrogen (secondary N) is 1. The lowest BCUT2D eigenvalue weighted by atomic mass is 10.0. The smallest absolute Gasteiger partial charge is 0.157 e. The van der Waals surface area contributed by atoms with Gasteiger partial charge in [0.15, 0.2) is 5.82 Å². The molecule has 7 nitrogen and oxygen atoms in total. The molecular weight excluding hydrogens is 354 g/mol. The molecule has 1 aliphatic rings. The topological polar surface area (TPSA) is 76.2 Å². The van der Waals surface area contributed by atoms with Crippen LogP contribution in [-0.2, 0) is 9.47 Å². The van der Waals surface area contributed by atoms with Crippen molar-refractivity contribution in [3.8, 4) is 22.6 Å². The molecular formula is C21H23N5O2. The Morgan fingerprint density at radius 3 is 2.75 bits per heavy atom. The van der Waals surface area contributed by atoms with Gasteiger partial charge in [0, 0.05) is 42.8 Å². The highest BCUT2D eigenvalue weighted by Crippen LogP contribution is 2.32. The Bertz CT molecular complexity index is 962. The molecule has 0 unspecified atom stereocenters. The van der Waals surface area contributed by atoms with Gasteiger partial charge in [-0.15, -0.1) is 0 Å². The van der Waals surface area contributed by atoms with Gasteiger partial charge >= 0.3 is 0 Å². The fourth-order valence-electron chi connectivity index (χ4n) is 3.27. The van der Waals surface area contributed by atoms with Crippen LogP contribution < -0.4 is 4.90 Å². The van der Waals surface area contributed by atoms with Crippen molar-refractivity contribution in [2.45, 2.75) is 6.92 Å². The van der Waals surface area contributed by atoms with Gasteiger partial charge in [0.25, 0.3) is 0 Å². The van der Waals surface area contributed by atoms with E-state index in [4.69, 9.17) is 19.4 Å². The first-order chi connectivity index (χ1) is 13.8. The van der Waals surface area contributed by atoms with E-state index in [0.29, 0.717) is 0 Å². The molecule has 3 aromatic rings. The third kappa shape index (κ3) is 3.75. The molecule has 4 rings (SSSR count). The predicted molar refractivity (Wildman–Crippen MR) is 109 cm³/mol. The summed E-state index contributed by atoms with van der Waals surface area (Å²) >= 11 is 0. The molecule has 0 aliphatic carbocycles. The number of rotatable bonds is 5. The molecule has 0 bridgehead atoms. The van der Waals surface area contributed by atoms with E-state index in [9.17, 15) is 0 Å². The summed E-state index contributed by atoms with van der Waals surface area (Å²) in [6.45, 7) is 5.18. The van der Waals surface area contributed by atoms with Gasteiger partial charge in [0.1, 0.15) is 5.69 Å². The number of H-pyrrole nitrogens is 1. The van der Waals surface area contributed by atoms with Crippen molar-refractivity contribution in [1.82, 2.24) is 19.9 Å². The van der Waals surface area contributed by atoms with E-state index in [1.165, 1.54) is 0 Å². The van der Waals surface area contributed by atoms with Gasteiger partial charge in [-0.2, -0.15) is 0 Å². The molecule has 0 spiro atoms. The quantitative estimate of drug-likeness (QED) is 0.688. The molecule has 4 heterocycles. The third-order valence-corrected chi connectivity index (χ3v) is 4.75. The molecule has 1 saturated heterocycles. The maximum atomic E-state index is 5.48. The van der Waals surface area contributed by atoms with E-state index in [-0.39, 0.29) is 0 Å². The highest BCUT2D eigenvalue weighted by atomic mass is 16.5. The van der Waals surface area contributed by atoms with Gasteiger partial charge in [0.05, 0.1) is 44.2 Å². The van der Waals surface area contributed by atoms with Gasteiger partial charge in [0.2, 0.25) is 0 Å². The number of hydrogen-bond donors (Lipinski definition) is 1. The number of methoxy groups -OCH3 is 1. The number of aromatic nitrogens is 4. The standard InChI is InChI=1S/C21H23N5O2/c1-15-19(5-10-27-2)25-21(24-15)20-18(16-3-6-22-7-4-16)13-17(14-23-20)26-8-11-28-12-9-26/h3-7,10,13-14H,8-9,11-12H2,1-2H3,(H,24,25)/b10-5-. The maximum Gasteiger partial charge on any atom is 0.157 e. The Morgan fingerprint density at radius 2 is 2.00 bits per heavy atom. The van der Waals surface area contributed by atoms with Gasteiger partial charge in [-0.05, 0) is 30.7 Å². The molecule has 7 heteroatoms. The summed E-state index contributed by atoms with van der Waals surface area (Å²) in [5.74, 6) is 0.730. The number of ether oxygens (including phenoxy) is 2. The summed E-state index contributed by atoms with van der Waals surface area (Å²) in [6.07, 6.45) is 8.95. The molecule has 144 valence electrons. The molecule has 0 aromatic carbocycles. The van der Waals surface area contributed by atoms with Crippen LogP contribution in [-0.4, -0.2) is 53.3 Å². The van der Waals surface area contributed by atoms with Crippen LogP contribution in [0.2, 0.25) is 0 Å². The van der Waals surface area contributed by atoms with Crippen molar-refractivity contribution in [3.63, 3.8) is 0 Å². The van der Waals surface area contributed by atoms with Crippen LogP contribution in [0.4, 0.5) is 5.69 Å². The minimum atomic E-state index is 0.730. The Balaban J connectivity index is 1.79. The van der Waals surface area contributed by atoms with E-state index in [0.717, 1.165) is 66.0 Å². The first-order valence-corrected chi connectivity index (χ1v) is 9.25. The van der Waals surface area contributed by atoms with Crippen LogP contribution in [0.3, 0.4) is 0 Å². The zero-order valence-corrected chi connectivity index (χ0v) is 16.1. The van der Waals surface area contributed by atoms with Crippen LogP contribution in [0.25, 0.3) is 28.7 Å². The highest BCUT2D eigenvalue weighted by Gasteiger charge is 2.18. The molecule has 0 saturated carbocycles. The molecule has 1 N–H and O–H groups in total. The van der Waals surface area contributed by atoms with E-state index >= 15 is 0 Å². The van der Waals surface area contributed by atoms with Crippen molar-refractivity contribution in [2.24, 2.45) is 0 Å². The number of imidazole rings is 1. The number of pyridine rings is 2. The van der Waals surface area contributed by atoms with Gasteiger partial charge in [-0.1, -0.05) is 0 Å². The lowest BCUT2D eigenvalue weighted by molar-refractivity contribution is 0.122. The second-order valence-corrected chi connectivity index (χ2v) is 6.56. The number of anilines is 1. The lowest BCUT2D eigenvalue weighted by Gasteiger charge is -2.29. The fourth-order valence-corrected chi connectivity index (χ4v) is 3.27. The first-order valence-electron chi connectivity index (χ1n) is 9.25.